The Bertz CT molecular complexity index is 455. The molecule has 1 atom stereocenters. The van der Waals surface area contributed by atoms with Crippen molar-refractivity contribution in [3.05, 3.63) is 30.3 Å². The van der Waals surface area contributed by atoms with Crippen molar-refractivity contribution in [3.63, 3.8) is 0 Å². The minimum atomic E-state index is -0.0555. The number of benzene rings is 1. The van der Waals surface area contributed by atoms with Gasteiger partial charge in [0, 0.05) is 45.0 Å². The molecule has 5 nitrogen and oxygen atoms in total. The highest BCUT2D eigenvalue weighted by atomic mass is 16.2. The lowest BCUT2D eigenvalue weighted by atomic mass is 10.2. The van der Waals surface area contributed by atoms with Crippen molar-refractivity contribution < 1.29 is 4.79 Å². The summed E-state index contributed by atoms with van der Waals surface area (Å²) in [5, 5.41) is 3.02. The Hall–Kier alpha value is -1.59. The molecule has 0 aliphatic carbocycles. The Morgan fingerprint density at radius 3 is 2.41 bits per heavy atom. The maximum Gasteiger partial charge on any atom is 0.237 e. The van der Waals surface area contributed by atoms with Crippen LogP contribution in [0.3, 0.4) is 0 Å². The quantitative estimate of drug-likeness (QED) is 0.847. The third-order valence-corrected chi connectivity index (χ3v) is 4.22. The Morgan fingerprint density at radius 2 is 1.82 bits per heavy atom. The van der Waals surface area contributed by atoms with Gasteiger partial charge in [-0.15, -0.1) is 0 Å². The molecule has 122 valence electrons. The van der Waals surface area contributed by atoms with E-state index in [2.05, 4.69) is 44.3 Å². The zero-order chi connectivity index (χ0) is 15.9. The van der Waals surface area contributed by atoms with E-state index >= 15 is 0 Å². The summed E-state index contributed by atoms with van der Waals surface area (Å²) < 4.78 is 0. The molecule has 0 spiro atoms. The lowest BCUT2D eigenvalue weighted by Gasteiger charge is -2.38. The molecule has 1 saturated heterocycles. The second-order valence-corrected chi connectivity index (χ2v) is 6.13. The molecular formula is C17H28N4O. The van der Waals surface area contributed by atoms with Crippen LogP contribution in [0.25, 0.3) is 0 Å². The summed E-state index contributed by atoms with van der Waals surface area (Å²) in [7, 11) is 4.02. The normalized spacial score (nSPS) is 17.5. The van der Waals surface area contributed by atoms with Crippen LogP contribution in [0.4, 0.5) is 5.69 Å². The number of nitrogens with zero attached hydrogens (tertiary/aromatic N) is 3. The van der Waals surface area contributed by atoms with E-state index in [1.807, 2.05) is 27.1 Å². The molecule has 1 amide bonds. The maximum atomic E-state index is 12.2. The van der Waals surface area contributed by atoms with Crippen molar-refractivity contribution in [3.8, 4) is 0 Å². The summed E-state index contributed by atoms with van der Waals surface area (Å²) in [4.78, 5) is 18.9. The van der Waals surface area contributed by atoms with Crippen molar-refractivity contribution >= 4 is 11.6 Å². The summed E-state index contributed by atoms with van der Waals surface area (Å²) in [5.41, 5.74) is 1.27. The molecule has 1 aliphatic heterocycles. The molecule has 1 heterocycles. The predicted octanol–water partition coefficient (Wildman–Crippen LogP) is 0.875. The highest BCUT2D eigenvalue weighted by molar-refractivity contribution is 5.81. The summed E-state index contributed by atoms with van der Waals surface area (Å²) in [5.74, 6) is 0.134. The molecule has 1 aliphatic rings. The van der Waals surface area contributed by atoms with E-state index in [-0.39, 0.29) is 11.9 Å². The van der Waals surface area contributed by atoms with Crippen LogP contribution in [0.15, 0.2) is 30.3 Å². The first-order valence-corrected chi connectivity index (χ1v) is 8.04. The second-order valence-electron chi connectivity index (χ2n) is 6.13. The van der Waals surface area contributed by atoms with Crippen LogP contribution in [0.1, 0.15) is 6.92 Å². The van der Waals surface area contributed by atoms with E-state index in [0.29, 0.717) is 6.54 Å². The molecule has 1 fully saturated rings. The monoisotopic (exact) mass is 304 g/mol. The van der Waals surface area contributed by atoms with Gasteiger partial charge in [-0.25, -0.2) is 0 Å². The molecule has 2 rings (SSSR count). The fraction of sp³-hybridized carbons (Fsp3) is 0.588. The number of hydrogen-bond acceptors (Lipinski definition) is 4. The Morgan fingerprint density at radius 1 is 1.18 bits per heavy atom. The smallest absolute Gasteiger partial charge is 0.237 e. The van der Waals surface area contributed by atoms with Gasteiger partial charge in [-0.2, -0.15) is 0 Å². The Kier molecular flexibility index (Phi) is 6.21. The molecule has 0 bridgehead atoms. The van der Waals surface area contributed by atoms with Crippen LogP contribution >= 0.6 is 0 Å². The SMILES string of the molecule is CC(C(=O)NCCN(C)C)N1CCN(c2ccccc2)CC1. The van der Waals surface area contributed by atoms with Gasteiger partial charge in [0.2, 0.25) is 5.91 Å². The molecule has 0 radical (unpaired) electrons. The fourth-order valence-corrected chi connectivity index (χ4v) is 2.72. The first-order chi connectivity index (χ1) is 10.6. The average molecular weight is 304 g/mol. The van der Waals surface area contributed by atoms with Gasteiger partial charge in [0.1, 0.15) is 0 Å². The average Bonchev–Trinajstić information content (AvgIpc) is 2.54. The molecule has 1 aromatic rings. The zero-order valence-corrected chi connectivity index (χ0v) is 14.0. The van der Waals surface area contributed by atoms with E-state index in [0.717, 1.165) is 32.7 Å². The van der Waals surface area contributed by atoms with Gasteiger partial charge in [0.15, 0.2) is 0 Å². The van der Waals surface area contributed by atoms with E-state index in [1.54, 1.807) is 0 Å². The highest BCUT2D eigenvalue weighted by Gasteiger charge is 2.25. The van der Waals surface area contributed by atoms with Crippen LogP contribution in [0, 0.1) is 0 Å². The molecule has 5 heteroatoms. The van der Waals surface area contributed by atoms with E-state index in [1.165, 1.54) is 5.69 Å². The van der Waals surface area contributed by atoms with Gasteiger partial charge < -0.3 is 15.1 Å². The van der Waals surface area contributed by atoms with Crippen molar-refractivity contribution in [2.75, 3.05) is 58.3 Å². The summed E-state index contributed by atoms with van der Waals surface area (Å²) in [6, 6.07) is 10.4. The Labute approximate surface area is 133 Å². The van der Waals surface area contributed by atoms with Crippen molar-refractivity contribution in [2.45, 2.75) is 13.0 Å². The first-order valence-electron chi connectivity index (χ1n) is 8.04. The number of piperazine rings is 1. The third-order valence-electron chi connectivity index (χ3n) is 4.22. The number of carbonyl (C=O) groups excluding carboxylic acids is 1. The number of rotatable bonds is 6. The van der Waals surface area contributed by atoms with E-state index in [4.69, 9.17) is 0 Å². The number of likely N-dealkylation sites (N-methyl/N-ethyl adjacent to an activating group) is 1. The second kappa shape index (κ2) is 8.15. The molecule has 1 N–H and O–H groups in total. The lowest BCUT2D eigenvalue weighted by Crippen LogP contribution is -2.54. The van der Waals surface area contributed by atoms with Crippen LogP contribution in [0.2, 0.25) is 0 Å². The summed E-state index contributed by atoms with van der Waals surface area (Å²) >= 11 is 0. The van der Waals surface area contributed by atoms with Crippen molar-refractivity contribution in [2.24, 2.45) is 0 Å². The zero-order valence-electron chi connectivity index (χ0n) is 14.0. The lowest BCUT2D eigenvalue weighted by molar-refractivity contribution is -0.126. The minimum absolute atomic E-state index is 0.0555. The van der Waals surface area contributed by atoms with Crippen molar-refractivity contribution in [1.29, 1.82) is 0 Å². The minimum Gasteiger partial charge on any atom is -0.369 e. The van der Waals surface area contributed by atoms with Gasteiger partial charge in [0.25, 0.3) is 0 Å². The van der Waals surface area contributed by atoms with Gasteiger partial charge in [-0.1, -0.05) is 18.2 Å². The number of anilines is 1. The molecule has 0 saturated carbocycles. The topological polar surface area (TPSA) is 38.8 Å². The molecular weight excluding hydrogens is 276 g/mol. The first kappa shape index (κ1) is 16.8. The standard InChI is InChI=1S/C17H28N4O/c1-15(17(22)18-9-10-19(2)3)20-11-13-21(14-12-20)16-7-5-4-6-8-16/h4-8,15H,9-14H2,1-3H3,(H,18,22). The van der Waals surface area contributed by atoms with Gasteiger partial charge in [-0.05, 0) is 33.2 Å². The largest absolute Gasteiger partial charge is 0.369 e. The molecule has 0 aromatic heterocycles. The Balaban J connectivity index is 1.77. The van der Waals surface area contributed by atoms with Crippen LogP contribution in [0.5, 0.6) is 0 Å². The van der Waals surface area contributed by atoms with E-state index in [9.17, 15) is 4.79 Å². The van der Waals surface area contributed by atoms with Gasteiger partial charge >= 0.3 is 0 Å². The third kappa shape index (κ3) is 4.71. The number of para-hydroxylation sites is 1. The molecule has 1 unspecified atom stereocenters. The summed E-state index contributed by atoms with van der Waals surface area (Å²) in [6.07, 6.45) is 0. The predicted molar refractivity (Wildman–Crippen MR) is 91.3 cm³/mol. The van der Waals surface area contributed by atoms with Gasteiger partial charge in [0.05, 0.1) is 6.04 Å². The number of hydrogen-bond donors (Lipinski definition) is 1. The van der Waals surface area contributed by atoms with Crippen LogP contribution in [-0.4, -0.2) is 75.1 Å². The van der Waals surface area contributed by atoms with Crippen LogP contribution < -0.4 is 10.2 Å². The van der Waals surface area contributed by atoms with Crippen molar-refractivity contribution in [1.82, 2.24) is 15.1 Å². The number of nitrogens with one attached hydrogen (secondary N) is 1. The van der Waals surface area contributed by atoms with E-state index < -0.39 is 0 Å². The fourth-order valence-electron chi connectivity index (χ4n) is 2.72. The highest BCUT2D eigenvalue weighted by Crippen LogP contribution is 2.16. The number of amides is 1. The maximum absolute atomic E-state index is 12.2. The molecule has 1 aromatic carbocycles. The van der Waals surface area contributed by atoms with Gasteiger partial charge in [-0.3, -0.25) is 9.69 Å². The summed E-state index contributed by atoms with van der Waals surface area (Å²) in [6.45, 7) is 7.39. The molecule has 22 heavy (non-hydrogen) atoms. The number of carbonyl (C=O) groups is 1. The van der Waals surface area contributed by atoms with Crippen LogP contribution in [-0.2, 0) is 4.79 Å².